The highest BCUT2D eigenvalue weighted by Gasteiger charge is 2.25. The third kappa shape index (κ3) is 3.96. The van der Waals surface area contributed by atoms with Crippen LogP contribution < -0.4 is 15.5 Å². The summed E-state index contributed by atoms with van der Waals surface area (Å²) in [6, 6.07) is 8.03. The minimum Gasteiger partial charge on any atom is -0.354 e. The first-order valence-electron chi connectivity index (χ1n) is 8.93. The summed E-state index contributed by atoms with van der Waals surface area (Å²) in [6.45, 7) is 5.20. The monoisotopic (exact) mass is 438 g/mol. The van der Waals surface area contributed by atoms with Gasteiger partial charge in [-0.2, -0.15) is 0 Å². The van der Waals surface area contributed by atoms with E-state index in [1.165, 1.54) is 6.08 Å². The van der Waals surface area contributed by atoms with E-state index < -0.39 is 0 Å². The summed E-state index contributed by atoms with van der Waals surface area (Å²) in [7, 11) is 0. The summed E-state index contributed by atoms with van der Waals surface area (Å²) in [5, 5.41) is 8.26. The molecule has 28 heavy (non-hydrogen) atoms. The van der Waals surface area contributed by atoms with Gasteiger partial charge in [0, 0.05) is 48.8 Å². The lowest BCUT2D eigenvalue weighted by Crippen LogP contribution is -2.27. The van der Waals surface area contributed by atoms with Gasteiger partial charge in [-0.3, -0.25) is 4.79 Å². The average molecular weight is 439 g/mol. The van der Waals surface area contributed by atoms with Crippen LogP contribution in [0.1, 0.15) is 6.42 Å². The first kappa shape index (κ1) is 18.4. The van der Waals surface area contributed by atoms with Crippen LogP contribution in [0.25, 0.3) is 10.8 Å². The smallest absolute Gasteiger partial charge is 0.247 e. The predicted octanol–water partition coefficient (Wildman–Crippen LogP) is 3.60. The number of rotatable bonds is 5. The third-order valence-electron chi connectivity index (χ3n) is 4.64. The van der Waals surface area contributed by atoms with Crippen LogP contribution in [0.5, 0.6) is 0 Å². The fraction of sp³-hybridized carbons (Fsp3) is 0.200. The molecule has 0 radical (unpaired) electrons. The van der Waals surface area contributed by atoms with E-state index in [9.17, 15) is 4.79 Å². The summed E-state index contributed by atoms with van der Waals surface area (Å²) >= 11 is 3.35. The van der Waals surface area contributed by atoms with Crippen LogP contribution in [0.3, 0.4) is 0 Å². The molecule has 1 unspecified atom stereocenters. The lowest BCUT2D eigenvalue weighted by molar-refractivity contribution is -0.111. The summed E-state index contributed by atoms with van der Waals surface area (Å²) in [5.41, 5.74) is 0.739. The van der Waals surface area contributed by atoms with E-state index in [-0.39, 0.29) is 11.9 Å². The maximum atomic E-state index is 11.5. The highest BCUT2D eigenvalue weighted by Crippen LogP contribution is 2.29. The SMILES string of the molecule is C=CC(=O)Nc1ccc2c(N3CCC(Nc4ncc(Br)cn4)C3)nccc2c1. The molecular formula is C20H19BrN6O. The molecular weight excluding hydrogens is 420 g/mol. The Labute approximate surface area is 171 Å². The van der Waals surface area contributed by atoms with E-state index in [0.29, 0.717) is 5.95 Å². The van der Waals surface area contributed by atoms with Crippen LogP contribution in [0.4, 0.5) is 17.5 Å². The van der Waals surface area contributed by atoms with Gasteiger partial charge in [-0.05, 0) is 58.1 Å². The minimum atomic E-state index is -0.225. The van der Waals surface area contributed by atoms with Crippen LogP contribution in [-0.2, 0) is 4.79 Å². The van der Waals surface area contributed by atoms with Crippen molar-refractivity contribution in [2.24, 2.45) is 0 Å². The molecule has 0 aliphatic carbocycles. The van der Waals surface area contributed by atoms with Gasteiger partial charge in [-0.15, -0.1) is 0 Å². The Kier molecular flexibility index (Phi) is 5.21. The summed E-state index contributed by atoms with van der Waals surface area (Å²) in [5.74, 6) is 1.35. The van der Waals surface area contributed by atoms with Crippen molar-refractivity contribution in [3.63, 3.8) is 0 Å². The zero-order valence-electron chi connectivity index (χ0n) is 15.1. The first-order chi connectivity index (χ1) is 13.6. The molecule has 1 aromatic carbocycles. The number of amides is 1. The van der Waals surface area contributed by atoms with Gasteiger partial charge >= 0.3 is 0 Å². The molecule has 1 aliphatic heterocycles. The standard InChI is InChI=1S/C20H19BrN6O/c1-2-18(28)25-15-3-4-17-13(9-15)5-7-22-19(17)27-8-6-16(12-27)26-20-23-10-14(21)11-24-20/h2-5,7,9-11,16H,1,6,8,12H2,(H,25,28)(H,23,24,26). The average Bonchev–Trinajstić information content (AvgIpc) is 3.17. The molecule has 1 atom stereocenters. The van der Waals surface area contributed by atoms with Crippen molar-refractivity contribution >= 4 is 50.1 Å². The largest absolute Gasteiger partial charge is 0.354 e. The molecule has 3 heterocycles. The summed E-state index contributed by atoms with van der Waals surface area (Å²) in [4.78, 5) is 27.0. The van der Waals surface area contributed by atoms with Crippen molar-refractivity contribution < 1.29 is 4.79 Å². The minimum absolute atomic E-state index is 0.225. The quantitative estimate of drug-likeness (QED) is 0.592. The van der Waals surface area contributed by atoms with Gasteiger partial charge in [0.1, 0.15) is 5.82 Å². The van der Waals surface area contributed by atoms with Crippen molar-refractivity contribution in [3.8, 4) is 0 Å². The van der Waals surface area contributed by atoms with Gasteiger partial charge in [0.2, 0.25) is 11.9 Å². The molecule has 7 nitrogen and oxygen atoms in total. The van der Waals surface area contributed by atoms with Crippen LogP contribution in [0.2, 0.25) is 0 Å². The van der Waals surface area contributed by atoms with Crippen molar-refractivity contribution in [2.45, 2.75) is 12.5 Å². The molecule has 1 aliphatic rings. The van der Waals surface area contributed by atoms with Crippen LogP contribution in [0.15, 0.2) is 60.0 Å². The predicted molar refractivity (Wildman–Crippen MR) is 115 cm³/mol. The van der Waals surface area contributed by atoms with Crippen LogP contribution >= 0.6 is 15.9 Å². The second-order valence-electron chi connectivity index (χ2n) is 6.56. The van der Waals surface area contributed by atoms with Gasteiger partial charge < -0.3 is 15.5 Å². The van der Waals surface area contributed by atoms with Gasteiger partial charge in [0.15, 0.2) is 0 Å². The van der Waals surface area contributed by atoms with E-state index in [1.54, 1.807) is 18.6 Å². The topological polar surface area (TPSA) is 83.0 Å². The van der Waals surface area contributed by atoms with Gasteiger partial charge in [-0.25, -0.2) is 15.0 Å². The van der Waals surface area contributed by atoms with Crippen LogP contribution in [-0.4, -0.2) is 40.0 Å². The number of halogens is 1. The van der Waals surface area contributed by atoms with E-state index in [1.807, 2.05) is 24.3 Å². The fourth-order valence-electron chi connectivity index (χ4n) is 3.32. The maximum Gasteiger partial charge on any atom is 0.247 e. The fourth-order valence-corrected chi connectivity index (χ4v) is 3.53. The van der Waals surface area contributed by atoms with Gasteiger partial charge in [0.05, 0.1) is 4.47 Å². The molecule has 1 amide bonds. The number of aromatic nitrogens is 3. The number of pyridine rings is 1. The molecule has 1 fully saturated rings. The molecule has 4 rings (SSSR count). The van der Waals surface area contributed by atoms with Crippen molar-refractivity contribution in [1.29, 1.82) is 0 Å². The highest BCUT2D eigenvalue weighted by molar-refractivity contribution is 9.10. The van der Waals surface area contributed by atoms with E-state index >= 15 is 0 Å². The van der Waals surface area contributed by atoms with Crippen molar-refractivity contribution in [3.05, 3.63) is 60.0 Å². The van der Waals surface area contributed by atoms with Crippen molar-refractivity contribution in [2.75, 3.05) is 28.6 Å². The molecule has 1 saturated heterocycles. The molecule has 142 valence electrons. The Hall–Kier alpha value is -3.00. The second kappa shape index (κ2) is 7.93. The number of nitrogens with one attached hydrogen (secondary N) is 2. The Morgan fingerprint density at radius 2 is 2.07 bits per heavy atom. The van der Waals surface area contributed by atoms with Crippen molar-refractivity contribution in [1.82, 2.24) is 15.0 Å². The van der Waals surface area contributed by atoms with E-state index in [0.717, 1.165) is 46.3 Å². The Morgan fingerprint density at radius 3 is 2.86 bits per heavy atom. The van der Waals surface area contributed by atoms with Crippen LogP contribution in [0, 0.1) is 0 Å². The number of fused-ring (bicyclic) bond motifs is 1. The first-order valence-corrected chi connectivity index (χ1v) is 9.73. The lowest BCUT2D eigenvalue weighted by Gasteiger charge is -2.20. The molecule has 2 N–H and O–H groups in total. The number of hydrogen-bond donors (Lipinski definition) is 2. The van der Waals surface area contributed by atoms with E-state index in [2.05, 4.69) is 53.0 Å². The molecule has 0 spiro atoms. The number of benzene rings is 1. The zero-order chi connectivity index (χ0) is 19.5. The molecule has 8 heteroatoms. The zero-order valence-corrected chi connectivity index (χ0v) is 16.7. The summed E-state index contributed by atoms with van der Waals surface area (Å²) < 4.78 is 0.856. The normalized spacial score (nSPS) is 16.2. The Balaban J connectivity index is 1.51. The molecule has 2 aromatic heterocycles. The molecule has 0 saturated carbocycles. The molecule has 0 bridgehead atoms. The van der Waals surface area contributed by atoms with Gasteiger partial charge in [0.25, 0.3) is 0 Å². The molecule has 3 aromatic rings. The van der Waals surface area contributed by atoms with Gasteiger partial charge in [-0.1, -0.05) is 6.58 Å². The number of carbonyl (C=O) groups excluding carboxylic acids is 1. The third-order valence-corrected chi connectivity index (χ3v) is 5.05. The lowest BCUT2D eigenvalue weighted by atomic mass is 10.1. The number of anilines is 3. The Morgan fingerprint density at radius 1 is 1.25 bits per heavy atom. The summed E-state index contributed by atoms with van der Waals surface area (Å²) in [6.07, 6.45) is 7.50. The number of carbonyl (C=O) groups is 1. The number of hydrogen-bond acceptors (Lipinski definition) is 6. The highest BCUT2D eigenvalue weighted by atomic mass is 79.9. The second-order valence-corrected chi connectivity index (χ2v) is 7.48. The number of nitrogens with zero attached hydrogens (tertiary/aromatic N) is 4. The Bertz CT molecular complexity index is 1020. The van der Waals surface area contributed by atoms with E-state index in [4.69, 9.17) is 0 Å². The maximum absolute atomic E-state index is 11.5.